The molecule has 0 radical (unpaired) electrons. The third-order valence-electron chi connectivity index (χ3n) is 9.02. The lowest BCUT2D eigenvalue weighted by atomic mass is 10.0. The molecule has 2 aromatic heterocycles. The number of fused-ring (bicyclic) bond motifs is 3. The molecule has 0 saturated carbocycles. The van der Waals surface area contributed by atoms with Crippen LogP contribution >= 0.6 is 0 Å². The molecule has 0 spiro atoms. The van der Waals surface area contributed by atoms with Gasteiger partial charge in [-0.25, -0.2) is 19.6 Å². The number of nitrogens with zero attached hydrogens (tertiary/aromatic N) is 4. The average molecular weight is 651 g/mol. The molecule has 11 heteroatoms. The first kappa shape index (κ1) is 31.7. The minimum Gasteiger partial charge on any atom is -0.444 e. The van der Waals surface area contributed by atoms with Crippen molar-refractivity contribution in [2.45, 2.75) is 90.5 Å². The Bertz CT molecular complexity index is 1780. The van der Waals surface area contributed by atoms with Gasteiger partial charge in [-0.3, -0.25) is 14.6 Å². The minimum atomic E-state index is -0.574. The molecule has 0 unspecified atom stereocenters. The number of aromatic nitrogens is 4. The van der Waals surface area contributed by atoms with Gasteiger partial charge in [-0.05, 0) is 90.5 Å². The summed E-state index contributed by atoms with van der Waals surface area (Å²) in [7, 11) is 0. The Morgan fingerprint density at radius 1 is 0.688 bits per heavy atom. The van der Waals surface area contributed by atoms with Gasteiger partial charge < -0.3 is 19.4 Å². The van der Waals surface area contributed by atoms with Crippen LogP contribution in [0.15, 0.2) is 48.8 Å². The van der Waals surface area contributed by atoms with E-state index in [2.05, 4.69) is 19.9 Å². The van der Waals surface area contributed by atoms with Crippen LogP contribution < -0.4 is 0 Å². The van der Waals surface area contributed by atoms with Gasteiger partial charge in [0.05, 0.1) is 35.9 Å². The van der Waals surface area contributed by atoms with Crippen LogP contribution in [0.1, 0.15) is 107 Å². The van der Waals surface area contributed by atoms with E-state index in [0.29, 0.717) is 35.9 Å². The van der Waals surface area contributed by atoms with Crippen molar-refractivity contribution in [3.63, 3.8) is 0 Å². The van der Waals surface area contributed by atoms with Crippen molar-refractivity contribution in [2.75, 3.05) is 13.1 Å². The predicted molar refractivity (Wildman–Crippen MR) is 180 cm³/mol. The Morgan fingerprint density at radius 3 is 1.50 bits per heavy atom. The molecule has 2 fully saturated rings. The summed E-state index contributed by atoms with van der Waals surface area (Å²) in [6.45, 7) is 12.4. The maximum Gasteiger partial charge on any atom is 0.410 e. The fraction of sp³-hybridized carbons (Fsp3) is 0.432. The summed E-state index contributed by atoms with van der Waals surface area (Å²) in [5.41, 5.74) is 5.16. The summed E-state index contributed by atoms with van der Waals surface area (Å²) in [6.07, 6.45) is 6.19. The number of H-pyrrole nitrogens is 2. The van der Waals surface area contributed by atoms with E-state index in [0.717, 1.165) is 59.3 Å². The summed E-state index contributed by atoms with van der Waals surface area (Å²) in [4.78, 5) is 59.0. The third kappa shape index (κ3) is 5.97. The van der Waals surface area contributed by atoms with Crippen molar-refractivity contribution >= 4 is 18.0 Å². The van der Waals surface area contributed by atoms with Crippen LogP contribution in [-0.4, -0.2) is 72.0 Å². The zero-order valence-corrected chi connectivity index (χ0v) is 28.3. The highest BCUT2D eigenvalue weighted by atomic mass is 16.6. The van der Waals surface area contributed by atoms with Crippen molar-refractivity contribution in [1.29, 1.82) is 0 Å². The summed E-state index contributed by atoms with van der Waals surface area (Å²) < 4.78 is 11.3. The predicted octanol–water partition coefficient (Wildman–Crippen LogP) is 7.82. The first-order valence-corrected chi connectivity index (χ1v) is 16.7. The fourth-order valence-electron chi connectivity index (χ4n) is 6.90. The number of likely N-dealkylation sites (tertiary alicyclic amines) is 2. The number of rotatable bonds is 4. The number of ketones is 1. The van der Waals surface area contributed by atoms with Crippen LogP contribution in [-0.2, 0) is 9.47 Å². The van der Waals surface area contributed by atoms with Gasteiger partial charge in [-0.15, -0.1) is 0 Å². The van der Waals surface area contributed by atoms with Gasteiger partial charge in [-0.2, -0.15) is 0 Å². The maximum atomic E-state index is 13.8. The molecule has 2 aliphatic heterocycles. The normalized spacial score (nSPS) is 19.1. The van der Waals surface area contributed by atoms with Crippen LogP contribution in [0.5, 0.6) is 0 Å². The highest BCUT2D eigenvalue weighted by Gasteiger charge is 2.36. The van der Waals surface area contributed by atoms with Gasteiger partial charge in [0, 0.05) is 35.3 Å². The maximum absolute atomic E-state index is 13.8. The Hall–Kier alpha value is -4.93. The van der Waals surface area contributed by atoms with E-state index in [1.165, 1.54) is 0 Å². The Morgan fingerprint density at radius 2 is 1.10 bits per heavy atom. The van der Waals surface area contributed by atoms with E-state index in [1.54, 1.807) is 22.2 Å². The molecule has 3 aliphatic rings. The molecular formula is C37H42N6O5. The van der Waals surface area contributed by atoms with Gasteiger partial charge in [0.1, 0.15) is 22.9 Å². The Kier molecular flexibility index (Phi) is 7.68. The first-order chi connectivity index (χ1) is 22.8. The monoisotopic (exact) mass is 650 g/mol. The summed E-state index contributed by atoms with van der Waals surface area (Å²) in [6, 6.07) is 11.4. The number of benzene rings is 2. The number of amides is 2. The highest BCUT2D eigenvalue weighted by Crippen LogP contribution is 2.41. The van der Waals surface area contributed by atoms with Gasteiger partial charge in [0.2, 0.25) is 0 Å². The first-order valence-electron chi connectivity index (χ1n) is 16.7. The largest absolute Gasteiger partial charge is 0.444 e. The van der Waals surface area contributed by atoms with Crippen molar-refractivity contribution in [3.8, 4) is 33.6 Å². The fourth-order valence-corrected chi connectivity index (χ4v) is 6.90. The smallest absolute Gasteiger partial charge is 0.410 e. The molecule has 48 heavy (non-hydrogen) atoms. The van der Waals surface area contributed by atoms with Crippen LogP contribution in [0.3, 0.4) is 0 Å². The zero-order chi connectivity index (χ0) is 34.0. The van der Waals surface area contributed by atoms with Gasteiger partial charge >= 0.3 is 12.2 Å². The molecule has 1 aliphatic carbocycles. The highest BCUT2D eigenvalue weighted by molar-refractivity contribution is 6.22. The molecular weight excluding hydrogens is 608 g/mol. The number of aromatic amines is 2. The zero-order valence-electron chi connectivity index (χ0n) is 28.3. The molecule has 250 valence electrons. The van der Waals surface area contributed by atoms with E-state index < -0.39 is 11.2 Å². The van der Waals surface area contributed by atoms with E-state index in [-0.39, 0.29) is 30.1 Å². The van der Waals surface area contributed by atoms with Crippen LogP contribution in [0.2, 0.25) is 0 Å². The number of carbonyl (C=O) groups excluding carboxylic acids is 3. The van der Waals surface area contributed by atoms with Gasteiger partial charge in [0.25, 0.3) is 0 Å². The lowest BCUT2D eigenvalue weighted by Gasteiger charge is -2.27. The molecule has 0 bridgehead atoms. The quantitative estimate of drug-likeness (QED) is 0.203. The second-order valence-electron chi connectivity index (χ2n) is 14.9. The van der Waals surface area contributed by atoms with Crippen LogP contribution in [0.4, 0.5) is 9.59 Å². The average Bonchev–Trinajstić information content (AvgIpc) is 3.84. The number of ether oxygens (including phenoxy) is 2. The minimum absolute atomic E-state index is 0.0398. The summed E-state index contributed by atoms with van der Waals surface area (Å²) in [5.74, 6) is 1.37. The molecule has 4 heterocycles. The van der Waals surface area contributed by atoms with Crippen LogP contribution in [0.25, 0.3) is 33.6 Å². The van der Waals surface area contributed by atoms with Crippen molar-refractivity contribution in [2.24, 2.45) is 0 Å². The van der Waals surface area contributed by atoms with E-state index in [9.17, 15) is 14.4 Å². The molecule has 11 nitrogen and oxygen atoms in total. The standard InChI is InChI=1S/C37H42N6O5/c1-36(2,3)47-34(45)42-15-7-9-29(42)32-38-19-27(40-32)21-11-13-23-24-14-12-22(18-26(24)31(44)25(23)17-21)28-20-39-33(41-28)30-10-8-16-43(30)35(46)48-37(4,5)6/h11-14,17-20,29-30H,7-10,15-16H2,1-6H3,(H,38,40)(H,39,41)/t29-,30-/m0/s1. The van der Waals surface area contributed by atoms with Crippen molar-refractivity contribution < 1.29 is 23.9 Å². The van der Waals surface area contributed by atoms with E-state index in [1.807, 2.05) is 77.9 Å². The number of hydrogen-bond donors (Lipinski definition) is 2. The summed E-state index contributed by atoms with van der Waals surface area (Å²) >= 11 is 0. The number of hydrogen-bond acceptors (Lipinski definition) is 7. The Balaban J connectivity index is 1.09. The van der Waals surface area contributed by atoms with E-state index >= 15 is 0 Å². The number of nitrogens with one attached hydrogen (secondary N) is 2. The molecule has 2 aromatic carbocycles. The van der Waals surface area contributed by atoms with Gasteiger partial charge in [-0.1, -0.05) is 24.3 Å². The molecule has 2 saturated heterocycles. The number of imidazole rings is 2. The molecule has 2 atom stereocenters. The molecule has 2 amide bonds. The second kappa shape index (κ2) is 11.6. The lowest BCUT2D eigenvalue weighted by Crippen LogP contribution is -2.36. The van der Waals surface area contributed by atoms with Gasteiger partial charge in [0.15, 0.2) is 5.78 Å². The van der Waals surface area contributed by atoms with Crippen molar-refractivity contribution in [1.82, 2.24) is 29.7 Å². The van der Waals surface area contributed by atoms with E-state index in [4.69, 9.17) is 9.47 Å². The molecule has 2 N–H and O–H groups in total. The van der Waals surface area contributed by atoms with Crippen molar-refractivity contribution in [3.05, 3.63) is 71.6 Å². The molecule has 7 rings (SSSR count). The van der Waals surface area contributed by atoms with Crippen LogP contribution in [0, 0.1) is 0 Å². The SMILES string of the molecule is CC(C)(C)OC(=O)N1CCC[C@H]1c1ncc(-c2ccc3c(c2)C(=O)c2cc(-c4cnc([C@@H]5CCCN5C(=O)OC(C)(C)C)[nH]4)ccc2-3)[nH]1. The lowest BCUT2D eigenvalue weighted by molar-refractivity contribution is 0.0208. The molecule has 4 aromatic rings. The summed E-state index contributed by atoms with van der Waals surface area (Å²) in [5, 5.41) is 0. The number of carbonyl (C=O) groups is 3. The second-order valence-corrected chi connectivity index (χ2v) is 14.9. The topological polar surface area (TPSA) is 134 Å². The Labute approximate surface area is 280 Å². The third-order valence-corrected chi connectivity index (χ3v) is 9.02.